The minimum absolute atomic E-state index is 0.0714. The number of hydrogen-bond donors (Lipinski definition) is 2. The Morgan fingerprint density at radius 2 is 1.85 bits per heavy atom. The fourth-order valence-electron chi connectivity index (χ4n) is 5.40. The first kappa shape index (κ1) is 26.9. The summed E-state index contributed by atoms with van der Waals surface area (Å²) in [5.41, 5.74) is 9.43. The lowest BCUT2D eigenvalue weighted by molar-refractivity contribution is 0.0880. The van der Waals surface area contributed by atoms with E-state index in [1.165, 1.54) is 0 Å². The largest absolute Gasteiger partial charge is 0.361 e. The Balaban J connectivity index is 1.45. The summed E-state index contributed by atoms with van der Waals surface area (Å²) < 4.78 is 6.10. The maximum Gasteiger partial charge on any atom is 0.173 e. The van der Waals surface area contributed by atoms with Gasteiger partial charge in [-0.1, -0.05) is 29.8 Å². The summed E-state index contributed by atoms with van der Waals surface area (Å²) in [6.07, 6.45) is 14.8. The van der Waals surface area contributed by atoms with Crippen molar-refractivity contribution in [2.45, 2.75) is 38.1 Å². The van der Waals surface area contributed by atoms with Gasteiger partial charge in [0.15, 0.2) is 5.82 Å². The predicted molar refractivity (Wildman–Crippen MR) is 157 cm³/mol. The van der Waals surface area contributed by atoms with Crippen LogP contribution >= 0.6 is 11.6 Å². The van der Waals surface area contributed by atoms with Gasteiger partial charge in [0.2, 0.25) is 0 Å². The van der Waals surface area contributed by atoms with E-state index in [1.54, 1.807) is 12.4 Å². The van der Waals surface area contributed by atoms with Crippen LogP contribution in [0.4, 0.5) is 0 Å². The van der Waals surface area contributed by atoms with Crippen LogP contribution in [0.2, 0.25) is 5.02 Å². The molecule has 6 rings (SSSR count). The van der Waals surface area contributed by atoms with Gasteiger partial charge in [-0.15, -0.1) is 5.10 Å². The molecule has 6 aromatic rings. The van der Waals surface area contributed by atoms with Gasteiger partial charge in [0, 0.05) is 54.6 Å². The molecular formula is C29H32ClN11. The fourth-order valence-corrected chi connectivity index (χ4v) is 5.53. The van der Waals surface area contributed by atoms with Crippen LogP contribution in [0.1, 0.15) is 42.0 Å². The highest BCUT2D eigenvalue weighted by Gasteiger charge is 2.33. The second kappa shape index (κ2) is 12.5. The van der Waals surface area contributed by atoms with Gasteiger partial charge in [-0.3, -0.25) is 4.90 Å². The van der Waals surface area contributed by atoms with Gasteiger partial charge in [0.1, 0.15) is 0 Å². The lowest BCUT2D eigenvalue weighted by Crippen LogP contribution is -2.39. The van der Waals surface area contributed by atoms with E-state index in [9.17, 15) is 0 Å². The SMILES string of the molecule is NCCC(N(CCCn1ccnc1)C(c1ccc2[nH]ccc2c1)c1nnnn1Cc1ccc(Cl)cc1)n1ccnc1. The molecule has 0 aliphatic carbocycles. The molecule has 210 valence electrons. The first-order valence-electron chi connectivity index (χ1n) is 13.7. The highest BCUT2D eigenvalue weighted by molar-refractivity contribution is 6.30. The number of benzene rings is 2. The molecule has 2 aromatic carbocycles. The topological polar surface area (TPSA) is 124 Å². The molecule has 2 atom stereocenters. The summed E-state index contributed by atoms with van der Waals surface area (Å²) in [5.74, 6) is 0.750. The first-order valence-corrected chi connectivity index (χ1v) is 14.0. The van der Waals surface area contributed by atoms with Gasteiger partial charge >= 0.3 is 0 Å². The number of H-pyrrole nitrogens is 1. The van der Waals surface area contributed by atoms with Crippen LogP contribution in [-0.2, 0) is 13.1 Å². The first-order chi connectivity index (χ1) is 20.2. The van der Waals surface area contributed by atoms with Crippen LogP contribution < -0.4 is 5.73 Å². The minimum Gasteiger partial charge on any atom is -0.361 e. The quantitative estimate of drug-likeness (QED) is 0.213. The number of rotatable bonds is 13. The third-order valence-electron chi connectivity index (χ3n) is 7.34. The van der Waals surface area contributed by atoms with Crippen LogP contribution in [0.25, 0.3) is 10.9 Å². The highest BCUT2D eigenvalue weighted by Crippen LogP contribution is 2.35. The van der Waals surface area contributed by atoms with E-state index >= 15 is 0 Å². The summed E-state index contributed by atoms with van der Waals surface area (Å²) in [6, 6.07) is 16.1. The molecule has 0 saturated carbocycles. The highest BCUT2D eigenvalue weighted by atomic mass is 35.5. The lowest BCUT2D eigenvalue weighted by Gasteiger charge is -2.38. The van der Waals surface area contributed by atoms with E-state index in [0.29, 0.717) is 18.1 Å². The van der Waals surface area contributed by atoms with Gasteiger partial charge in [0.05, 0.1) is 31.4 Å². The number of fused-ring (bicyclic) bond motifs is 1. The Morgan fingerprint density at radius 1 is 1.00 bits per heavy atom. The van der Waals surface area contributed by atoms with Crippen molar-refractivity contribution >= 4 is 22.5 Å². The van der Waals surface area contributed by atoms with E-state index in [1.807, 2.05) is 60.2 Å². The van der Waals surface area contributed by atoms with E-state index in [4.69, 9.17) is 17.3 Å². The molecule has 0 radical (unpaired) electrons. The number of halogens is 1. The average Bonchev–Trinajstić information content (AvgIpc) is 3.81. The zero-order valence-corrected chi connectivity index (χ0v) is 23.3. The Hall–Kier alpha value is -4.32. The molecule has 0 bridgehead atoms. The average molecular weight is 570 g/mol. The molecule has 0 amide bonds. The summed E-state index contributed by atoms with van der Waals surface area (Å²) >= 11 is 6.15. The molecule has 12 heteroatoms. The molecule has 0 fully saturated rings. The molecule has 41 heavy (non-hydrogen) atoms. The number of nitrogens with zero attached hydrogens (tertiary/aromatic N) is 9. The molecule has 2 unspecified atom stereocenters. The van der Waals surface area contributed by atoms with Crippen molar-refractivity contribution < 1.29 is 0 Å². The molecule has 4 aromatic heterocycles. The minimum atomic E-state index is -0.265. The molecule has 4 heterocycles. The molecular weight excluding hydrogens is 538 g/mol. The van der Waals surface area contributed by atoms with Crippen molar-refractivity contribution in [3.8, 4) is 0 Å². The zero-order valence-electron chi connectivity index (χ0n) is 22.5. The smallest absolute Gasteiger partial charge is 0.173 e. The molecule has 0 aliphatic heterocycles. The number of tetrazole rings is 1. The van der Waals surface area contributed by atoms with Crippen molar-refractivity contribution in [1.29, 1.82) is 0 Å². The van der Waals surface area contributed by atoms with Crippen molar-refractivity contribution in [3.05, 3.63) is 114 Å². The predicted octanol–water partition coefficient (Wildman–Crippen LogP) is 4.28. The van der Waals surface area contributed by atoms with Crippen molar-refractivity contribution in [1.82, 2.24) is 49.2 Å². The van der Waals surface area contributed by atoms with E-state index in [-0.39, 0.29) is 12.2 Å². The van der Waals surface area contributed by atoms with Crippen molar-refractivity contribution in [2.75, 3.05) is 13.1 Å². The number of aryl methyl sites for hydroxylation is 1. The molecule has 0 saturated heterocycles. The zero-order chi connectivity index (χ0) is 28.0. The normalized spacial score (nSPS) is 13.2. The lowest BCUT2D eigenvalue weighted by atomic mass is 10.0. The van der Waals surface area contributed by atoms with Gasteiger partial charge in [-0.2, -0.15) is 0 Å². The molecule has 3 N–H and O–H groups in total. The van der Waals surface area contributed by atoms with E-state index < -0.39 is 0 Å². The molecule has 0 spiro atoms. The van der Waals surface area contributed by atoms with Crippen LogP contribution in [0, 0.1) is 0 Å². The second-order valence-corrected chi connectivity index (χ2v) is 10.4. The van der Waals surface area contributed by atoms with Crippen LogP contribution in [0.3, 0.4) is 0 Å². The van der Waals surface area contributed by atoms with Crippen molar-refractivity contribution in [2.24, 2.45) is 5.73 Å². The Labute approximate surface area is 242 Å². The number of aromatic amines is 1. The summed E-state index contributed by atoms with van der Waals surface area (Å²) in [6.45, 7) is 2.61. The monoisotopic (exact) mass is 569 g/mol. The van der Waals surface area contributed by atoms with Crippen LogP contribution in [0.5, 0.6) is 0 Å². The standard InChI is InChI=1S/C29H32ClN11/c30-25-5-2-22(3-6-25)19-41-29(35-36-37-41)28(24-4-7-26-23(18-24)9-11-34-26)40(15-1-14-38-16-12-32-20-38)27(8-10-31)39-17-13-33-21-39/h2-7,9,11-13,16-18,20-21,27-28,34H,1,8,10,14-15,19,31H2. The summed E-state index contributed by atoms with van der Waals surface area (Å²) in [7, 11) is 0. The Morgan fingerprint density at radius 3 is 2.63 bits per heavy atom. The third kappa shape index (κ3) is 6.07. The summed E-state index contributed by atoms with van der Waals surface area (Å²) in [4.78, 5) is 14.3. The third-order valence-corrected chi connectivity index (χ3v) is 7.60. The van der Waals surface area contributed by atoms with E-state index in [2.05, 4.69) is 68.8 Å². The molecule has 0 aliphatic rings. The van der Waals surface area contributed by atoms with Gasteiger partial charge < -0.3 is 19.9 Å². The fraction of sp³-hybridized carbons (Fsp3) is 0.276. The van der Waals surface area contributed by atoms with Crippen LogP contribution in [0.15, 0.2) is 92.2 Å². The van der Waals surface area contributed by atoms with Gasteiger partial charge in [-0.25, -0.2) is 14.6 Å². The number of imidazole rings is 2. The van der Waals surface area contributed by atoms with Crippen molar-refractivity contribution in [3.63, 3.8) is 0 Å². The molecule has 11 nitrogen and oxygen atoms in total. The number of nitrogens with one attached hydrogen (secondary N) is 1. The van der Waals surface area contributed by atoms with Gasteiger partial charge in [-0.05, 0) is 76.7 Å². The van der Waals surface area contributed by atoms with Crippen LogP contribution in [-0.4, -0.2) is 62.3 Å². The summed E-state index contributed by atoms with van der Waals surface area (Å²) in [5, 5.41) is 15.0. The maximum atomic E-state index is 6.21. The number of aromatic nitrogens is 9. The Bertz CT molecular complexity index is 1640. The van der Waals surface area contributed by atoms with Gasteiger partial charge in [0.25, 0.3) is 0 Å². The maximum absolute atomic E-state index is 6.21. The van der Waals surface area contributed by atoms with E-state index in [0.717, 1.165) is 53.8 Å². The number of hydrogen-bond acceptors (Lipinski definition) is 7. The number of nitrogens with two attached hydrogens (primary N) is 1. The Kier molecular flexibility index (Phi) is 8.17. The second-order valence-electron chi connectivity index (χ2n) is 10.0.